The molecule has 134 valence electrons. The standard InChI is InChI=1S/C17H22BrN5O2/c1-10-4-5-13(18)21-15(10)22-16(25)11-8-17(2)7-6-12(17)23(11)14(24)9-20-19-3/h4-7,11-12,19-20H,8-9H2,1-3H3,(H,21,22,25)/t11-,12+,17+/m0/s1. The molecule has 2 heterocycles. The lowest BCUT2D eigenvalue weighted by atomic mass is 9.73. The van der Waals surface area contributed by atoms with E-state index in [4.69, 9.17) is 0 Å². The predicted octanol–water partition coefficient (Wildman–Crippen LogP) is 1.36. The van der Waals surface area contributed by atoms with Crippen molar-refractivity contribution in [1.29, 1.82) is 0 Å². The van der Waals surface area contributed by atoms with Gasteiger partial charge in [0, 0.05) is 5.41 Å². The van der Waals surface area contributed by atoms with Crippen molar-refractivity contribution < 1.29 is 9.59 Å². The van der Waals surface area contributed by atoms with E-state index in [9.17, 15) is 9.59 Å². The van der Waals surface area contributed by atoms with Gasteiger partial charge in [0.05, 0.1) is 12.6 Å². The van der Waals surface area contributed by atoms with Crippen molar-refractivity contribution in [3.63, 3.8) is 0 Å². The molecule has 0 saturated carbocycles. The number of halogens is 1. The minimum absolute atomic E-state index is 0.0361. The second kappa shape index (κ2) is 6.86. The highest BCUT2D eigenvalue weighted by atomic mass is 79.9. The van der Waals surface area contributed by atoms with Crippen molar-refractivity contribution in [3.05, 3.63) is 34.5 Å². The van der Waals surface area contributed by atoms with Gasteiger partial charge in [-0.1, -0.05) is 25.1 Å². The number of nitrogens with zero attached hydrogens (tertiary/aromatic N) is 2. The summed E-state index contributed by atoms with van der Waals surface area (Å²) in [7, 11) is 1.70. The van der Waals surface area contributed by atoms with Crippen LogP contribution in [-0.4, -0.2) is 47.4 Å². The number of nitrogens with one attached hydrogen (secondary N) is 3. The molecule has 0 spiro atoms. The summed E-state index contributed by atoms with van der Waals surface area (Å²) in [5.41, 5.74) is 6.28. The smallest absolute Gasteiger partial charge is 0.248 e. The van der Waals surface area contributed by atoms with Crippen LogP contribution in [0.5, 0.6) is 0 Å². The molecule has 2 aliphatic rings. The Morgan fingerprint density at radius 3 is 2.84 bits per heavy atom. The van der Waals surface area contributed by atoms with E-state index in [1.807, 2.05) is 25.1 Å². The monoisotopic (exact) mass is 407 g/mol. The number of pyridine rings is 1. The van der Waals surface area contributed by atoms with Crippen LogP contribution in [0.4, 0.5) is 5.82 Å². The van der Waals surface area contributed by atoms with E-state index in [0.717, 1.165) is 5.56 Å². The summed E-state index contributed by atoms with van der Waals surface area (Å²) in [4.78, 5) is 31.5. The Kier molecular flexibility index (Phi) is 4.95. The van der Waals surface area contributed by atoms with Gasteiger partial charge in [-0.05, 0) is 48.0 Å². The molecule has 3 atom stereocenters. The highest BCUT2D eigenvalue weighted by molar-refractivity contribution is 9.10. The third-order valence-corrected chi connectivity index (χ3v) is 5.36. The van der Waals surface area contributed by atoms with E-state index in [-0.39, 0.29) is 29.8 Å². The second-order valence-corrected chi connectivity index (χ2v) is 7.54. The maximum Gasteiger partial charge on any atom is 0.248 e. The van der Waals surface area contributed by atoms with Crippen LogP contribution < -0.4 is 16.2 Å². The Bertz CT molecular complexity index is 738. The van der Waals surface area contributed by atoms with Gasteiger partial charge in [-0.3, -0.25) is 15.0 Å². The third-order valence-electron chi connectivity index (χ3n) is 4.92. The first-order valence-corrected chi connectivity index (χ1v) is 8.99. The molecule has 8 heteroatoms. The molecule has 0 bridgehead atoms. The summed E-state index contributed by atoms with van der Waals surface area (Å²) >= 11 is 3.32. The summed E-state index contributed by atoms with van der Waals surface area (Å²) in [5, 5.41) is 2.88. The quantitative estimate of drug-likeness (QED) is 0.389. The Morgan fingerprint density at radius 1 is 1.44 bits per heavy atom. The first-order chi connectivity index (χ1) is 11.9. The molecule has 1 aliphatic heterocycles. The second-order valence-electron chi connectivity index (χ2n) is 6.72. The zero-order valence-electron chi connectivity index (χ0n) is 14.5. The van der Waals surface area contributed by atoms with E-state index < -0.39 is 6.04 Å². The van der Waals surface area contributed by atoms with Crippen LogP contribution in [-0.2, 0) is 9.59 Å². The topological polar surface area (TPSA) is 86.4 Å². The Labute approximate surface area is 155 Å². The molecule has 2 amide bonds. The number of aromatic nitrogens is 1. The van der Waals surface area contributed by atoms with Crippen LogP contribution in [0.3, 0.4) is 0 Å². The van der Waals surface area contributed by atoms with Gasteiger partial charge in [-0.15, -0.1) is 0 Å². The van der Waals surface area contributed by atoms with Gasteiger partial charge >= 0.3 is 0 Å². The van der Waals surface area contributed by atoms with Crippen LogP contribution in [0.1, 0.15) is 18.9 Å². The van der Waals surface area contributed by atoms with E-state index in [1.165, 1.54) is 0 Å². The Morgan fingerprint density at radius 2 is 2.20 bits per heavy atom. The minimum atomic E-state index is -0.517. The number of hydrogen-bond donors (Lipinski definition) is 3. The van der Waals surface area contributed by atoms with Crippen molar-refractivity contribution in [2.45, 2.75) is 32.4 Å². The predicted molar refractivity (Wildman–Crippen MR) is 98.7 cm³/mol. The van der Waals surface area contributed by atoms with Gasteiger partial charge in [0.15, 0.2) is 0 Å². The highest BCUT2D eigenvalue weighted by Gasteiger charge is 2.54. The van der Waals surface area contributed by atoms with E-state index in [2.05, 4.69) is 50.1 Å². The lowest BCUT2D eigenvalue weighted by Gasteiger charge is -2.38. The molecule has 1 saturated heterocycles. The number of aryl methyl sites for hydroxylation is 1. The lowest BCUT2D eigenvalue weighted by molar-refractivity contribution is -0.137. The lowest BCUT2D eigenvalue weighted by Crippen LogP contribution is -2.52. The van der Waals surface area contributed by atoms with E-state index in [0.29, 0.717) is 16.8 Å². The molecule has 3 rings (SSSR count). The molecule has 0 aromatic carbocycles. The number of hydrazine groups is 1. The molecule has 1 aromatic heterocycles. The van der Waals surface area contributed by atoms with Crippen LogP contribution in [0.15, 0.2) is 28.9 Å². The number of amides is 2. The van der Waals surface area contributed by atoms with Crippen molar-refractivity contribution >= 4 is 33.6 Å². The Hall–Kier alpha value is -1.77. The molecular weight excluding hydrogens is 386 g/mol. The van der Waals surface area contributed by atoms with Gasteiger partial charge in [0.2, 0.25) is 11.8 Å². The summed E-state index contributed by atoms with van der Waals surface area (Å²) in [6, 6.07) is 3.15. The average Bonchev–Trinajstić information content (AvgIpc) is 2.77. The van der Waals surface area contributed by atoms with Crippen molar-refractivity contribution in [2.75, 3.05) is 18.9 Å². The zero-order valence-corrected chi connectivity index (χ0v) is 16.1. The molecule has 0 unspecified atom stereocenters. The Balaban J connectivity index is 1.80. The highest BCUT2D eigenvalue weighted by Crippen LogP contribution is 2.48. The molecular formula is C17H22BrN5O2. The molecule has 0 radical (unpaired) electrons. The number of likely N-dealkylation sites (tertiary alicyclic amines) is 1. The normalized spacial score (nSPS) is 27.0. The van der Waals surface area contributed by atoms with Crippen molar-refractivity contribution in [1.82, 2.24) is 20.7 Å². The summed E-state index contributed by atoms with van der Waals surface area (Å²) in [5.74, 6) is 0.202. The largest absolute Gasteiger partial charge is 0.322 e. The molecule has 1 aromatic rings. The maximum absolute atomic E-state index is 12.9. The zero-order chi connectivity index (χ0) is 18.2. The first-order valence-electron chi connectivity index (χ1n) is 8.20. The third kappa shape index (κ3) is 3.33. The molecule has 1 aliphatic carbocycles. The SMILES string of the molecule is CNNCC(=O)N1[C@H](C(=O)Nc2nc(Br)ccc2C)C[C@@]2(C)C=C[C@@H]12. The first kappa shape index (κ1) is 18.0. The van der Waals surface area contributed by atoms with E-state index >= 15 is 0 Å². The van der Waals surface area contributed by atoms with Crippen LogP contribution in [0.25, 0.3) is 0 Å². The maximum atomic E-state index is 12.9. The van der Waals surface area contributed by atoms with Gasteiger partial charge in [0.1, 0.15) is 16.5 Å². The average molecular weight is 408 g/mol. The molecule has 7 nitrogen and oxygen atoms in total. The molecule has 1 fully saturated rings. The van der Waals surface area contributed by atoms with Gasteiger partial charge in [-0.2, -0.15) is 0 Å². The van der Waals surface area contributed by atoms with Gasteiger partial charge < -0.3 is 10.2 Å². The number of hydrogen-bond acceptors (Lipinski definition) is 5. The number of carbonyl (C=O) groups is 2. The van der Waals surface area contributed by atoms with Crippen molar-refractivity contribution in [2.24, 2.45) is 5.41 Å². The van der Waals surface area contributed by atoms with Crippen LogP contribution in [0, 0.1) is 12.3 Å². The van der Waals surface area contributed by atoms with E-state index in [1.54, 1.807) is 11.9 Å². The summed E-state index contributed by atoms with van der Waals surface area (Å²) in [6.45, 7) is 4.10. The fourth-order valence-electron chi connectivity index (χ4n) is 3.45. The number of anilines is 1. The fraction of sp³-hybridized carbons (Fsp3) is 0.471. The fourth-order valence-corrected chi connectivity index (χ4v) is 3.76. The van der Waals surface area contributed by atoms with Crippen molar-refractivity contribution in [3.8, 4) is 0 Å². The van der Waals surface area contributed by atoms with Gasteiger partial charge in [0.25, 0.3) is 0 Å². The van der Waals surface area contributed by atoms with Gasteiger partial charge in [-0.25, -0.2) is 10.4 Å². The van der Waals surface area contributed by atoms with Crippen LogP contribution >= 0.6 is 15.9 Å². The molecule has 3 N–H and O–H groups in total. The van der Waals surface area contributed by atoms with Crippen LogP contribution in [0.2, 0.25) is 0 Å². The number of carbonyl (C=O) groups excluding carboxylic acids is 2. The summed E-state index contributed by atoms with van der Waals surface area (Å²) < 4.78 is 0.652. The molecule has 25 heavy (non-hydrogen) atoms. The number of fused-ring (bicyclic) bond motifs is 1. The minimum Gasteiger partial charge on any atom is -0.322 e. The number of rotatable bonds is 5. The summed E-state index contributed by atoms with van der Waals surface area (Å²) in [6.07, 6.45) is 4.69.